The standard InChI is InChI=1S/C17H17N5OS/c1-11-4-6-18-14(9-11)21-16(23)13-3-2-7-22(13)15-12-5-8-24-17(12)20-10-19-15/h4-6,8-10,13H,2-3,7H2,1H3,(H,18,21,23)/t13-/m0/s1. The molecule has 1 atom stereocenters. The van der Waals surface area contributed by atoms with Gasteiger partial charge in [-0.2, -0.15) is 0 Å². The summed E-state index contributed by atoms with van der Waals surface area (Å²) in [7, 11) is 0. The van der Waals surface area contributed by atoms with Crippen molar-refractivity contribution in [1.29, 1.82) is 0 Å². The third-order valence-corrected chi connectivity index (χ3v) is 5.06. The largest absolute Gasteiger partial charge is 0.344 e. The third kappa shape index (κ3) is 2.71. The molecule has 0 bridgehead atoms. The summed E-state index contributed by atoms with van der Waals surface area (Å²) >= 11 is 1.59. The molecule has 4 heterocycles. The molecular weight excluding hydrogens is 322 g/mol. The van der Waals surface area contributed by atoms with Crippen molar-refractivity contribution in [3.63, 3.8) is 0 Å². The minimum atomic E-state index is -0.231. The quantitative estimate of drug-likeness (QED) is 0.794. The number of nitrogens with one attached hydrogen (secondary N) is 1. The molecule has 1 aliphatic rings. The maximum absolute atomic E-state index is 12.8. The second-order valence-electron chi connectivity index (χ2n) is 5.90. The van der Waals surface area contributed by atoms with Crippen LogP contribution in [0.5, 0.6) is 0 Å². The van der Waals surface area contributed by atoms with Crippen LogP contribution in [0.1, 0.15) is 18.4 Å². The van der Waals surface area contributed by atoms with E-state index in [1.807, 2.05) is 30.5 Å². The molecule has 0 unspecified atom stereocenters. The molecule has 122 valence electrons. The normalized spacial score (nSPS) is 17.4. The number of aryl methyl sites for hydroxylation is 1. The summed E-state index contributed by atoms with van der Waals surface area (Å²) in [6.07, 6.45) is 5.06. The van der Waals surface area contributed by atoms with Crippen LogP contribution < -0.4 is 10.2 Å². The monoisotopic (exact) mass is 339 g/mol. The van der Waals surface area contributed by atoms with E-state index in [0.29, 0.717) is 5.82 Å². The van der Waals surface area contributed by atoms with Gasteiger partial charge in [-0.15, -0.1) is 11.3 Å². The van der Waals surface area contributed by atoms with Crippen LogP contribution in [0.4, 0.5) is 11.6 Å². The van der Waals surface area contributed by atoms with E-state index in [9.17, 15) is 4.79 Å². The lowest BCUT2D eigenvalue weighted by molar-refractivity contribution is -0.117. The Labute approximate surface area is 143 Å². The molecule has 0 aromatic carbocycles. The molecule has 3 aromatic rings. The number of thiophene rings is 1. The second-order valence-corrected chi connectivity index (χ2v) is 6.79. The zero-order chi connectivity index (χ0) is 16.5. The van der Waals surface area contributed by atoms with Crippen LogP contribution in [-0.2, 0) is 4.79 Å². The summed E-state index contributed by atoms with van der Waals surface area (Å²) in [5.41, 5.74) is 1.07. The van der Waals surface area contributed by atoms with E-state index in [2.05, 4.69) is 25.2 Å². The van der Waals surface area contributed by atoms with E-state index >= 15 is 0 Å². The number of pyridine rings is 1. The Hall–Kier alpha value is -2.54. The smallest absolute Gasteiger partial charge is 0.248 e. The maximum atomic E-state index is 12.8. The number of nitrogens with zero attached hydrogens (tertiary/aromatic N) is 4. The topological polar surface area (TPSA) is 71.0 Å². The molecule has 0 radical (unpaired) electrons. The molecule has 0 aliphatic carbocycles. The van der Waals surface area contributed by atoms with Crippen molar-refractivity contribution in [2.24, 2.45) is 0 Å². The zero-order valence-electron chi connectivity index (χ0n) is 13.3. The van der Waals surface area contributed by atoms with Gasteiger partial charge in [0.15, 0.2) is 0 Å². The van der Waals surface area contributed by atoms with Gasteiger partial charge in [0.05, 0.1) is 5.39 Å². The minimum Gasteiger partial charge on any atom is -0.344 e. The summed E-state index contributed by atoms with van der Waals surface area (Å²) in [4.78, 5) is 28.7. The molecule has 1 fully saturated rings. The fourth-order valence-corrected chi connectivity index (χ4v) is 3.84. The number of aromatic nitrogens is 3. The van der Waals surface area contributed by atoms with Gasteiger partial charge in [0.1, 0.15) is 28.8 Å². The van der Waals surface area contributed by atoms with Gasteiger partial charge in [0.2, 0.25) is 5.91 Å². The fourth-order valence-electron chi connectivity index (χ4n) is 3.11. The highest BCUT2D eigenvalue weighted by atomic mass is 32.1. The zero-order valence-corrected chi connectivity index (χ0v) is 14.1. The SMILES string of the molecule is Cc1ccnc(NC(=O)[C@@H]2CCCN2c2ncnc3sccc23)c1. The summed E-state index contributed by atoms with van der Waals surface area (Å²) in [5, 5.41) is 5.95. The Morgan fingerprint density at radius 2 is 2.25 bits per heavy atom. The molecule has 4 rings (SSSR count). The average molecular weight is 339 g/mol. The minimum absolute atomic E-state index is 0.0346. The van der Waals surface area contributed by atoms with E-state index in [1.54, 1.807) is 23.9 Å². The Balaban J connectivity index is 1.60. The first-order valence-corrected chi connectivity index (χ1v) is 8.79. The highest BCUT2D eigenvalue weighted by molar-refractivity contribution is 7.16. The summed E-state index contributed by atoms with van der Waals surface area (Å²) in [5.74, 6) is 1.40. The third-order valence-electron chi connectivity index (χ3n) is 4.23. The predicted octanol–water partition coefficient (Wildman–Crippen LogP) is 3.00. The van der Waals surface area contributed by atoms with E-state index in [-0.39, 0.29) is 11.9 Å². The number of hydrogen-bond donors (Lipinski definition) is 1. The van der Waals surface area contributed by atoms with Gasteiger partial charge in [-0.05, 0) is 48.9 Å². The molecule has 24 heavy (non-hydrogen) atoms. The lowest BCUT2D eigenvalue weighted by Crippen LogP contribution is -2.40. The number of carbonyl (C=O) groups is 1. The van der Waals surface area contributed by atoms with Gasteiger partial charge in [-0.25, -0.2) is 15.0 Å². The molecule has 7 heteroatoms. The highest BCUT2D eigenvalue weighted by Crippen LogP contribution is 2.32. The van der Waals surface area contributed by atoms with Crippen molar-refractivity contribution in [2.75, 3.05) is 16.8 Å². The van der Waals surface area contributed by atoms with Crippen LogP contribution in [-0.4, -0.2) is 33.4 Å². The van der Waals surface area contributed by atoms with Gasteiger partial charge in [-0.3, -0.25) is 4.79 Å². The van der Waals surface area contributed by atoms with Crippen molar-refractivity contribution < 1.29 is 4.79 Å². The van der Waals surface area contributed by atoms with E-state index < -0.39 is 0 Å². The molecular formula is C17H17N5OS. The second kappa shape index (κ2) is 6.16. The van der Waals surface area contributed by atoms with Crippen LogP contribution >= 0.6 is 11.3 Å². The van der Waals surface area contributed by atoms with Gasteiger partial charge in [-0.1, -0.05) is 0 Å². The molecule has 1 amide bonds. The van der Waals surface area contributed by atoms with Crippen LogP contribution in [0, 0.1) is 6.92 Å². The van der Waals surface area contributed by atoms with Crippen molar-refractivity contribution in [1.82, 2.24) is 15.0 Å². The van der Waals surface area contributed by atoms with Crippen LogP contribution in [0.3, 0.4) is 0 Å². The molecule has 3 aromatic heterocycles. The predicted molar refractivity (Wildman–Crippen MR) is 95.4 cm³/mol. The van der Waals surface area contributed by atoms with E-state index in [1.165, 1.54) is 0 Å². The first kappa shape index (κ1) is 15.0. The first-order chi connectivity index (χ1) is 11.7. The molecule has 1 aliphatic heterocycles. The summed E-state index contributed by atoms with van der Waals surface area (Å²) in [6.45, 7) is 2.80. The number of anilines is 2. The Morgan fingerprint density at radius 1 is 1.33 bits per heavy atom. The van der Waals surface area contributed by atoms with Gasteiger partial charge in [0, 0.05) is 12.7 Å². The summed E-state index contributed by atoms with van der Waals surface area (Å²) in [6, 6.07) is 5.57. The maximum Gasteiger partial charge on any atom is 0.248 e. The number of rotatable bonds is 3. The van der Waals surface area contributed by atoms with E-state index in [0.717, 1.165) is 41.0 Å². The number of fused-ring (bicyclic) bond motifs is 1. The van der Waals surface area contributed by atoms with Gasteiger partial charge < -0.3 is 10.2 Å². The first-order valence-electron chi connectivity index (χ1n) is 7.91. The highest BCUT2D eigenvalue weighted by Gasteiger charge is 2.33. The lowest BCUT2D eigenvalue weighted by atomic mass is 10.2. The molecule has 1 saturated heterocycles. The van der Waals surface area contributed by atoms with Crippen molar-refractivity contribution >= 4 is 39.1 Å². The lowest BCUT2D eigenvalue weighted by Gasteiger charge is -2.25. The van der Waals surface area contributed by atoms with Crippen molar-refractivity contribution in [3.8, 4) is 0 Å². The Morgan fingerprint density at radius 3 is 3.12 bits per heavy atom. The van der Waals surface area contributed by atoms with Crippen LogP contribution in [0.15, 0.2) is 36.1 Å². The Kier molecular flexibility index (Phi) is 3.86. The molecule has 1 N–H and O–H groups in total. The number of amides is 1. The number of carbonyl (C=O) groups excluding carboxylic acids is 1. The van der Waals surface area contributed by atoms with Crippen molar-refractivity contribution in [3.05, 3.63) is 41.7 Å². The van der Waals surface area contributed by atoms with Crippen LogP contribution in [0.25, 0.3) is 10.2 Å². The molecule has 0 saturated carbocycles. The average Bonchev–Trinajstić information content (AvgIpc) is 3.23. The van der Waals surface area contributed by atoms with Crippen molar-refractivity contribution in [2.45, 2.75) is 25.8 Å². The summed E-state index contributed by atoms with van der Waals surface area (Å²) < 4.78 is 0. The van der Waals surface area contributed by atoms with Gasteiger partial charge >= 0.3 is 0 Å². The molecule has 6 nitrogen and oxygen atoms in total. The van der Waals surface area contributed by atoms with Gasteiger partial charge in [0.25, 0.3) is 0 Å². The Bertz CT molecular complexity index is 893. The fraction of sp³-hybridized carbons (Fsp3) is 0.294. The molecule has 0 spiro atoms. The van der Waals surface area contributed by atoms with E-state index in [4.69, 9.17) is 0 Å². The van der Waals surface area contributed by atoms with Crippen LogP contribution in [0.2, 0.25) is 0 Å². The number of hydrogen-bond acceptors (Lipinski definition) is 6.